The quantitative estimate of drug-likeness (QED) is 0.167. The molecule has 4 aliphatic rings. The maximum atomic E-state index is 13.2. The second-order valence-electron chi connectivity index (χ2n) is 18.0. The lowest BCUT2D eigenvalue weighted by Crippen LogP contribution is -2.42. The Morgan fingerprint density at radius 1 is 0.471 bits per heavy atom. The number of urea groups is 2. The van der Waals surface area contributed by atoms with Crippen molar-refractivity contribution in [1.29, 1.82) is 0 Å². The Morgan fingerprint density at radius 3 is 1.25 bits per heavy atom. The van der Waals surface area contributed by atoms with E-state index in [1.165, 1.54) is 5.56 Å². The Bertz CT molecular complexity index is 2890. The van der Waals surface area contributed by atoms with Crippen molar-refractivity contribution >= 4 is 110 Å². The van der Waals surface area contributed by atoms with Gasteiger partial charge in [0.15, 0.2) is 0 Å². The first-order chi connectivity index (χ1) is 32.8. The van der Waals surface area contributed by atoms with Gasteiger partial charge in [-0.3, -0.25) is 14.6 Å². The number of ketones is 1. The van der Waals surface area contributed by atoms with Crippen LogP contribution in [0.25, 0.3) is 22.3 Å². The van der Waals surface area contributed by atoms with E-state index in [-0.39, 0.29) is 18.0 Å². The van der Waals surface area contributed by atoms with Crippen LogP contribution < -0.4 is 20.4 Å². The number of rotatable bonds is 7. The molecule has 2 N–H and O–H groups in total. The van der Waals surface area contributed by atoms with Crippen LogP contribution in [-0.2, 0) is 17.9 Å². The number of anilines is 4. The van der Waals surface area contributed by atoms with Crippen molar-refractivity contribution < 1.29 is 14.4 Å². The van der Waals surface area contributed by atoms with Gasteiger partial charge in [-0.25, -0.2) is 9.59 Å². The van der Waals surface area contributed by atoms with Crippen LogP contribution in [0.1, 0.15) is 85.5 Å². The van der Waals surface area contributed by atoms with Gasteiger partial charge in [0, 0.05) is 64.3 Å². The molecule has 0 saturated heterocycles. The highest BCUT2D eigenvalue weighted by Gasteiger charge is 2.35. The first-order valence-electron chi connectivity index (χ1n) is 22.8. The lowest BCUT2D eigenvalue weighted by molar-refractivity contribution is -0.120. The van der Waals surface area contributed by atoms with Gasteiger partial charge in [-0.2, -0.15) is 0 Å². The summed E-state index contributed by atoms with van der Waals surface area (Å²) in [7, 11) is 4.31. The second kappa shape index (κ2) is 20.7. The van der Waals surface area contributed by atoms with Crippen molar-refractivity contribution in [3.8, 4) is 22.3 Å². The van der Waals surface area contributed by atoms with Crippen LogP contribution in [0.4, 0.5) is 32.3 Å². The van der Waals surface area contributed by atoms with Crippen LogP contribution >= 0.6 is 69.6 Å². The molecule has 0 bridgehead atoms. The Hall–Kier alpha value is -4.77. The minimum Gasteiger partial charge on any atom is -0.333 e. The minimum atomic E-state index is -0.293. The smallest absolute Gasteiger partial charge is 0.326 e. The van der Waals surface area contributed by atoms with Crippen molar-refractivity contribution in [3.63, 3.8) is 0 Å². The fourth-order valence-corrected chi connectivity index (χ4v) is 11.8. The number of fused-ring (bicyclic) bond motifs is 2. The molecule has 0 spiro atoms. The third-order valence-electron chi connectivity index (χ3n) is 13.8. The normalized spacial score (nSPS) is 18.3. The Balaban J connectivity index is 0.000000170. The van der Waals surface area contributed by atoms with E-state index in [2.05, 4.69) is 53.9 Å². The third kappa shape index (κ3) is 9.71. The van der Waals surface area contributed by atoms with Gasteiger partial charge in [-0.05, 0) is 135 Å². The van der Waals surface area contributed by atoms with Gasteiger partial charge in [0.05, 0.1) is 42.8 Å². The lowest BCUT2D eigenvalue weighted by Gasteiger charge is -2.36. The van der Waals surface area contributed by atoms with E-state index < -0.39 is 0 Å². The number of benzene rings is 6. The zero-order valence-electron chi connectivity index (χ0n) is 37.5. The molecule has 10 rings (SSSR count). The van der Waals surface area contributed by atoms with Crippen molar-refractivity contribution in [2.24, 2.45) is 0 Å². The maximum Gasteiger partial charge on any atom is 0.326 e. The first-order valence-corrected chi connectivity index (χ1v) is 25.1. The molecule has 2 fully saturated rings. The van der Waals surface area contributed by atoms with Gasteiger partial charge < -0.3 is 15.5 Å². The summed E-state index contributed by atoms with van der Waals surface area (Å²) in [4.78, 5) is 43.7. The van der Waals surface area contributed by atoms with Gasteiger partial charge in [0.25, 0.3) is 0 Å². The Kier molecular flexibility index (Phi) is 14.7. The van der Waals surface area contributed by atoms with Gasteiger partial charge in [0.2, 0.25) is 0 Å². The van der Waals surface area contributed by atoms with E-state index in [4.69, 9.17) is 69.6 Å². The summed E-state index contributed by atoms with van der Waals surface area (Å²) in [5.74, 6) is 0.938. The number of amides is 4. The summed E-state index contributed by atoms with van der Waals surface area (Å²) in [5, 5.41) is 8.91. The summed E-state index contributed by atoms with van der Waals surface area (Å²) < 4.78 is 0. The van der Waals surface area contributed by atoms with Crippen LogP contribution in [0.2, 0.25) is 30.1 Å². The molecular weight excluding hydrogens is 979 g/mol. The fraction of sp³-hybridized carbons (Fsp3) is 0.278. The second-order valence-corrected chi connectivity index (χ2v) is 20.4. The molecule has 14 heteroatoms. The highest BCUT2D eigenvalue weighted by molar-refractivity contribution is 6.41. The van der Waals surface area contributed by atoms with Crippen LogP contribution in [0.3, 0.4) is 0 Å². The molecular formula is C54H49Cl6N5O3. The highest BCUT2D eigenvalue weighted by atomic mass is 35.5. The summed E-state index contributed by atoms with van der Waals surface area (Å²) >= 11 is 39.5. The number of Topliss-reactive ketones (excluding diaryl/α,β-unsaturated/α-hetero) is 1. The molecule has 2 aliphatic heterocycles. The molecule has 6 aromatic rings. The molecule has 0 atom stereocenters. The molecule has 0 radical (unpaired) electrons. The van der Waals surface area contributed by atoms with Gasteiger partial charge in [-0.1, -0.05) is 130 Å². The molecule has 350 valence electrons. The van der Waals surface area contributed by atoms with E-state index >= 15 is 0 Å². The van der Waals surface area contributed by atoms with E-state index in [0.29, 0.717) is 85.2 Å². The minimum absolute atomic E-state index is 0.225. The van der Waals surface area contributed by atoms with Crippen LogP contribution in [0, 0.1) is 0 Å². The number of para-hydroxylation sites is 2. The molecule has 2 heterocycles. The SMILES string of the molecule is CN(C)C1CCC(c2cc(-c3ccccc3Cl)c3c(c2)N(c2c(Cl)cccc2Cl)C(=O)NC3)CC1.O=C1CCC(c2cc(-c3ccccc3Cl)c3c(c2)N(c2c(Cl)cccc2Cl)C(=O)NC3)CC1. The number of carbonyl (C=O) groups excluding carboxylic acids is 3. The van der Waals surface area contributed by atoms with Crippen LogP contribution in [0.5, 0.6) is 0 Å². The van der Waals surface area contributed by atoms with E-state index in [1.54, 1.807) is 46.2 Å². The zero-order valence-corrected chi connectivity index (χ0v) is 42.1. The number of hydrogen-bond donors (Lipinski definition) is 2. The summed E-state index contributed by atoms with van der Waals surface area (Å²) in [5.41, 5.74) is 10.6. The number of hydrogen-bond acceptors (Lipinski definition) is 4. The van der Waals surface area contributed by atoms with E-state index in [0.717, 1.165) is 88.8 Å². The number of nitrogens with zero attached hydrogens (tertiary/aromatic N) is 3. The average Bonchev–Trinajstić information content (AvgIpc) is 3.33. The third-order valence-corrected chi connectivity index (χ3v) is 15.7. The standard InChI is InChI=1S/C28H28Cl3N3O.C26H21Cl3N2O2/c1-33(2)19-12-10-17(11-13-19)18-14-21(20-6-3-4-7-23(20)29)22-16-32-28(35)34(26(22)15-18)27-24(30)8-5-9-25(27)31;27-21-5-2-1-4-18(21)19-12-16(15-8-10-17(32)11-9-15)13-24-20(19)14-30-26(33)31(24)25-22(28)6-3-7-23(25)29/h3-9,14-15,17,19H,10-13,16H2,1-2H3,(H,32,35);1-7,12-13,15H,8-11,14H2,(H,30,33). The monoisotopic (exact) mass is 1030 g/mol. The van der Waals surface area contributed by atoms with Gasteiger partial charge in [0.1, 0.15) is 5.78 Å². The molecule has 0 aromatic heterocycles. The van der Waals surface area contributed by atoms with E-state index in [9.17, 15) is 14.4 Å². The summed E-state index contributed by atoms with van der Waals surface area (Å²) in [6, 6.07) is 34.7. The maximum absolute atomic E-state index is 13.2. The van der Waals surface area contributed by atoms with Crippen LogP contribution in [-0.4, -0.2) is 42.9 Å². The van der Waals surface area contributed by atoms with Crippen LogP contribution in [0.15, 0.2) is 109 Å². The summed E-state index contributed by atoms with van der Waals surface area (Å²) in [6.45, 7) is 0.762. The number of halogens is 6. The van der Waals surface area contributed by atoms with E-state index in [1.807, 2.05) is 48.5 Å². The molecule has 2 saturated carbocycles. The molecule has 8 nitrogen and oxygen atoms in total. The van der Waals surface area contributed by atoms with Crippen molar-refractivity contribution in [2.75, 3.05) is 23.9 Å². The molecule has 2 aliphatic carbocycles. The Labute approximate surface area is 427 Å². The van der Waals surface area contributed by atoms with Gasteiger partial charge >= 0.3 is 12.1 Å². The first kappa shape index (κ1) is 48.3. The average molecular weight is 1030 g/mol. The predicted octanol–water partition coefficient (Wildman–Crippen LogP) is 16.2. The molecule has 6 aromatic carbocycles. The van der Waals surface area contributed by atoms with Crippen molar-refractivity contribution in [1.82, 2.24) is 15.5 Å². The lowest BCUT2D eigenvalue weighted by atomic mass is 9.79. The van der Waals surface area contributed by atoms with Gasteiger partial charge in [-0.15, -0.1) is 0 Å². The fourth-order valence-electron chi connectivity index (χ4n) is 10.2. The molecule has 4 amide bonds. The topological polar surface area (TPSA) is 85.0 Å². The Morgan fingerprint density at radius 2 is 0.853 bits per heavy atom. The number of nitrogens with one attached hydrogen (secondary N) is 2. The largest absolute Gasteiger partial charge is 0.333 e. The predicted molar refractivity (Wildman–Crippen MR) is 280 cm³/mol. The number of carbonyl (C=O) groups is 3. The van der Waals surface area contributed by atoms with Crippen molar-refractivity contribution in [3.05, 3.63) is 162 Å². The zero-order chi connectivity index (χ0) is 47.8. The van der Waals surface area contributed by atoms with Crippen molar-refractivity contribution in [2.45, 2.75) is 82.3 Å². The molecule has 0 unspecified atom stereocenters. The highest BCUT2D eigenvalue weighted by Crippen LogP contribution is 2.49. The molecule has 68 heavy (non-hydrogen) atoms. The summed E-state index contributed by atoms with van der Waals surface area (Å²) in [6.07, 6.45) is 7.23.